The molecule has 1 fully saturated rings. The Labute approximate surface area is 210 Å². The smallest absolute Gasteiger partial charge is 0.228 e. The number of fused-ring (bicyclic) bond motifs is 1. The molecule has 3 heterocycles. The summed E-state index contributed by atoms with van der Waals surface area (Å²) in [6.45, 7) is 7.93. The van der Waals surface area contributed by atoms with Crippen molar-refractivity contribution in [3.05, 3.63) is 77.5 Å². The van der Waals surface area contributed by atoms with Crippen LogP contribution in [0.1, 0.15) is 25.0 Å². The van der Waals surface area contributed by atoms with Crippen LogP contribution in [0, 0.1) is 0 Å². The van der Waals surface area contributed by atoms with Crippen molar-refractivity contribution in [3.8, 4) is 0 Å². The summed E-state index contributed by atoms with van der Waals surface area (Å²) < 4.78 is 7.64. The number of ketones is 1. The van der Waals surface area contributed by atoms with Crippen LogP contribution in [0.4, 0.5) is 11.6 Å². The maximum Gasteiger partial charge on any atom is 0.228 e. The van der Waals surface area contributed by atoms with Crippen molar-refractivity contribution in [2.24, 2.45) is 0 Å². The largest absolute Gasteiger partial charge is 0.378 e. The number of allylic oxidation sites excluding steroid dienone is 2. The normalized spacial score (nSPS) is 18.2. The number of thioether (sulfide) groups is 1. The van der Waals surface area contributed by atoms with Gasteiger partial charge in [0.1, 0.15) is 0 Å². The highest BCUT2D eigenvalue weighted by molar-refractivity contribution is 7.99. The van der Waals surface area contributed by atoms with Gasteiger partial charge in [0.15, 0.2) is 10.9 Å². The zero-order chi connectivity index (χ0) is 24.4. The summed E-state index contributed by atoms with van der Waals surface area (Å²) in [7, 11) is 2.03. The second-order valence-electron chi connectivity index (χ2n) is 9.44. The van der Waals surface area contributed by atoms with E-state index >= 15 is 0 Å². The molecule has 0 spiro atoms. The highest BCUT2D eigenvalue weighted by Crippen LogP contribution is 2.46. The summed E-state index contributed by atoms with van der Waals surface area (Å²) in [6.07, 6.45) is 1.80. The number of hydrogen-bond acceptors (Lipinski definition) is 7. The number of hydrogen-bond donors (Lipinski definition) is 0. The van der Waals surface area contributed by atoms with Crippen molar-refractivity contribution in [1.82, 2.24) is 14.8 Å². The highest BCUT2D eigenvalue weighted by Gasteiger charge is 2.38. The predicted octanol–water partition coefficient (Wildman–Crippen LogP) is 4.14. The quantitative estimate of drug-likeness (QED) is 0.365. The molecule has 5 rings (SSSR count). The first-order valence-electron chi connectivity index (χ1n) is 12.0. The molecular weight excluding hydrogens is 458 g/mol. The third kappa shape index (κ3) is 4.73. The number of anilines is 2. The van der Waals surface area contributed by atoms with Crippen molar-refractivity contribution >= 4 is 29.2 Å². The number of para-hydroxylation sites is 1. The van der Waals surface area contributed by atoms with E-state index in [0.29, 0.717) is 25.5 Å². The van der Waals surface area contributed by atoms with Crippen molar-refractivity contribution in [2.45, 2.75) is 31.0 Å². The number of benzene rings is 2. The van der Waals surface area contributed by atoms with Crippen LogP contribution in [0.5, 0.6) is 0 Å². The van der Waals surface area contributed by atoms with Crippen LogP contribution in [0.3, 0.4) is 0 Å². The molecular formula is C27H31N5O2S. The number of likely N-dealkylation sites (N-methyl/N-ethyl adjacent to an activating group) is 1. The lowest BCUT2D eigenvalue weighted by Gasteiger charge is -2.28. The van der Waals surface area contributed by atoms with E-state index in [9.17, 15) is 4.79 Å². The van der Waals surface area contributed by atoms with Gasteiger partial charge in [0.05, 0.1) is 25.5 Å². The Morgan fingerprint density at radius 2 is 1.77 bits per heavy atom. The fourth-order valence-corrected chi connectivity index (χ4v) is 5.63. The van der Waals surface area contributed by atoms with Gasteiger partial charge in [-0.1, -0.05) is 74.1 Å². The van der Waals surface area contributed by atoms with Crippen LogP contribution in [-0.2, 0) is 21.5 Å². The van der Waals surface area contributed by atoms with E-state index in [1.54, 1.807) is 6.08 Å². The Hall–Kier alpha value is -3.10. The molecule has 7 nitrogen and oxygen atoms in total. The molecule has 0 atom stereocenters. The minimum atomic E-state index is -0.220. The second kappa shape index (κ2) is 9.87. The molecule has 2 aliphatic heterocycles. The zero-order valence-corrected chi connectivity index (χ0v) is 21.3. The van der Waals surface area contributed by atoms with Gasteiger partial charge in [-0.3, -0.25) is 9.36 Å². The van der Waals surface area contributed by atoms with Gasteiger partial charge in [-0.15, -0.1) is 10.2 Å². The Morgan fingerprint density at radius 1 is 1.06 bits per heavy atom. The number of ether oxygens (including phenoxy) is 1. The lowest BCUT2D eigenvalue weighted by Crippen LogP contribution is -2.38. The monoisotopic (exact) mass is 489 g/mol. The van der Waals surface area contributed by atoms with Gasteiger partial charge < -0.3 is 14.5 Å². The van der Waals surface area contributed by atoms with Gasteiger partial charge in [-0.2, -0.15) is 0 Å². The van der Waals surface area contributed by atoms with Crippen molar-refractivity contribution in [1.29, 1.82) is 0 Å². The number of nitrogens with zero attached hydrogens (tertiary/aromatic N) is 5. The Kier molecular flexibility index (Phi) is 6.67. The molecule has 2 aliphatic rings. The second-order valence-corrected chi connectivity index (χ2v) is 10.4. The SMILES string of the molecule is CN1/C(=C\C(=O)CSc2nnc(N3CCOCC3)n2Cc2ccccc2)C(C)(C)c2ccccc21. The molecule has 0 bridgehead atoms. The molecule has 0 saturated carbocycles. The van der Waals surface area contributed by atoms with Crippen molar-refractivity contribution < 1.29 is 9.53 Å². The molecule has 0 aliphatic carbocycles. The van der Waals surface area contributed by atoms with Crippen LogP contribution >= 0.6 is 11.8 Å². The number of rotatable bonds is 7. The summed E-state index contributed by atoms with van der Waals surface area (Å²) in [4.78, 5) is 17.5. The van der Waals surface area contributed by atoms with Gasteiger partial charge in [0.2, 0.25) is 5.95 Å². The molecule has 8 heteroatoms. The third-order valence-electron chi connectivity index (χ3n) is 6.76. The molecule has 182 valence electrons. The van der Waals surface area contributed by atoms with E-state index in [1.807, 2.05) is 31.3 Å². The average Bonchev–Trinajstić information content (AvgIpc) is 3.36. The first kappa shape index (κ1) is 23.6. The molecule has 0 radical (unpaired) electrons. The minimum absolute atomic E-state index is 0.0694. The molecule has 1 saturated heterocycles. The van der Waals surface area contributed by atoms with E-state index < -0.39 is 0 Å². The summed E-state index contributed by atoms with van der Waals surface area (Å²) in [5.41, 5.74) is 4.37. The minimum Gasteiger partial charge on any atom is -0.378 e. The maximum absolute atomic E-state index is 13.1. The third-order valence-corrected chi connectivity index (χ3v) is 7.75. The standard InChI is InChI=1S/C27H31N5O2S/c1-27(2)22-11-7-8-12-23(22)30(3)24(27)17-21(33)19-35-26-29-28-25(31-13-15-34-16-14-31)32(26)18-20-9-5-4-6-10-20/h4-12,17H,13-16,18-19H2,1-3H3/b24-17-. The predicted molar refractivity (Wildman–Crippen MR) is 140 cm³/mol. The average molecular weight is 490 g/mol. The highest BCUT2D eigenvalue weighted by atomic mass is 32.2. The van der Waals surface area contributed by atoms with Crippen LogP contribution < -0.4 is 9.80 Å². The lowest BCUT2D eigenvalue weighted by atomic mass is 9.83. The van der Waals surface area contributed by atoms with Gasteiger partial charge in [-0.25, -0.2) is 0 Å². The molecule has 0 amide bonds. The Morgan fingerprint density at radius 3 is 2.51 bits per heavy atom. The first-order chi connectivity index (χ1) is 16.9. The molecule has 0 N–H and O–H groups in total. The van der Waals surface area contributed by atoms with E-state index in [-0.39, 0.29) is 11.2 Å². The Bertz CT molecular complexity index is 1230. The summed E-state index contributed by atoms with van der Waals surface area (Å²) in [5.74, 6) is 1.21. The topological polar surface area (TPSA) is 63.5 Å². The van der Waals surface area contributed by atoms with Crippen LogP contribution in [0.15, 0.2) is 71.5 Å². The van der Waals surface area contributed by atoms with E-state index in [2.05, 4.69) is 68.7 Å². The number of aromatic nitrogens is 3. The van der Waals surface area contributed by atoms with Crippen LogP contribution in [-0.4, -0.2) is 59.7 Å². The van der Waals surface area contributed by atoms with Crippen molar-refractivity contribution in [3.63, 3.8) is 0 Å². The number of morpholine rings is 1. The fourth-order valence-electron chi connectivity index (χ4n) is 4.88. The summed E-state index contributed by atoms with van der Waals surface area (Å²) in [6, 6.07) is 18.6. The van der Waals surface area contributed by atoms with Crippen LogP contribution in [0.2, 0.25) is 0 Å². The van der Waals surface area contributed by atoms with Crippen molar-refractivity contribution in [2.75, 3.05) is 48.9 Å². The number of carbonyl (C=O) groups is 1. The summed E-state index contributed by atoms with van der Waals surface area (Å²) >= 11 is 1.45. The van der Waals surface area contributed by atoms with E-state index in [0.717, 1.165) is 35.6 Å². The fraction of sp³-hybridized carbons (Fsp3) is 0.370. The van der Waals surface area contributed by atoms with E-state index in [1.165, 1.54) is 22.9 Å². The van der Waals surface area contributed by atoms with Crippen LogP contribution in [0.25, 0.3) is 0 Å². The summed E-state index contributed by atoms with van der Waals surface area (Å²) in [5, 5.41) is 9.74. The first-order valence-corrected chi connectivity index (χ1v) is 12.9. The number of carbonyl (C=O) groups excluding carboxylic acids is 1. The lowest BCUT2D eigenvalue weighted by molar-refractivity contribution is -0.112. The van der Waals surface area contributed by atoms with Gasteiger partial charge in [-0.05, 0) is 17.2 Å². The van der Waals surface area contributed by atoms with Gasteiger partial charge in [0.25, 0.3) is 0 Å². The molecule has 3 aromatic rings. The molecule has 1 aromatic heterocycles. The zero-order valence-electron chi connectivity index (χ0n) is 20.5. The molecule has 35 heavy (non-hydrogen) atoms. The molecule has 0 unspecified atom stereocenters. The van der Waals surface area contributed by atoms with Gasteiger partial charge >= 0.3 is 0 Å². The maximum atomic E-state index is 13.1. The molecule has 2 aromatic carbocycles. The Balaban J connectivity index is 1.36. The van der Waals surface area contributed by atoms with Gasteiger partial charge in [0, 0.05) is 43.0 Å². The van der Waals surface area contributed by atoms with E-state index in [4.69, 9.17) is 4.74 Å².